The van der Waals surface area contributed by atoms with Gasteiger partial charge in [0, 0.05) is 46.9 Å². The molecule has 3 heterocycles. The number of hydrogen-bond acceptors (Lipinski definition) is 6. The molecule has 1 aromatic heterocycles. The summed E-state index contributed by atoms with van der Waals surface area (Å²) in [6.07, 6.45) is 4.21. The standard InChI is InChI=1S/C21H22F3N3O2S2/c22-21(23,24)31-18-8-6-14(7-9-18)25-20(28)29-26-15-11-16-3-1-4-17(12-15)27(16)13-19-5-2-10-30-19/h2,5-10,16-17H,1,3-4,11-13H2,(H,25,28)/t16-,17+. The van der Waals surface area contributed by atoms with Crippen LogP contribution in [0.5, 0.6) is 0 Å². The van der Waals surface area contributed by atoms with E-state index in [0.29, 0.717) is 17.8 Å². The van der Waals surface area contributed by atoms with Gasteiger partial charge in [-0.05, 0) is 60.3 Å². The Hall–Kier alpha value is -2.04. The van der Waals surface area contributed by atoms with Gasteiger partial charge in [-0.3, -0.25) is 15.1 Å². The molecule has 0 saturated carbocycles. The minimum Gasteiger partial charge on any atom is -0.298 e. The van der Waals surface area contributed by atoms with Crippen LogP contribution in [0.25, 0.3) is 0 Å². The van der Waals surface area contributed by atoms with Gasteiger partial charge < -0.3 is 0 Å². The lowest BCUT2D eigenvalue weighted by Crippen LogP contribution is -2.51. The zero-order valence-electron chi connectivity index (χ0n) is 16.6. The van der Waals surface area contributed by atoms with E-state index < -0.39 is 11.6 Å². The molecular formula is C21H22F3N3O2S2. The third-order valence-corrected chi connectivity index (χ3v) is 7.07. The number of thiophene rings is 1. The number of rotatable bonds is 5. The number of piperidine rings is 2. The summed E-state index contributed by atoms with van der Waals surface area (Å²) >= 11 is 1.57. The first kappa shape index (κ1) is 22.2. The summed E-state index contributed by atoms with van der Waals surface area (Å²) in [6.45, 7) is 0.949. The van der Waals surface area contributed by atoms with Crippen LogP contribution in [-0.2, 0) is 11.4 Å². The van der Waals surface area contributed by atoms with Crippen LogP contribution in [0.2, 0.25) is 0 Å². The second-order valence-electron chi connectivity index (χ2n) is 7.63. The van der Waals surface area contributed by atoms with E-state index in [1.807, 2.05) is 0 Å². The second kappa shape index (κ2) is 9.62. The van der Waals surface area contributed by atoms with Gasteiger partial charge in [-0.1, -0.05) is 17.6 Å². The number of anilines is 1. The Morgan fingerprint density at radius 3 is 2.52 bits per heavy atom. The molecule has 1 aromatic carbocycles. The monoisotopic (exact) mass is 469 g/mol. The van der Waals surface area contributed by atoms with E-state index >= 15 is 0 Å². The van der Waals surface area contributed by atoms with Gasteiger partial charge >= 0.3 is 11.6 Å². The van der Waals surface area contributed by atoms with Crippen molar-refractivity contribution in [2.75, 3.05) is 5.32 Å². The van der Waals surface area contributed by atoms with Gasteiger partial charge in [-0.2, -0.15) is 13.2 Å². The zero-order valence-corrected chi connectivity index (χ0v) is 18.2. The van der Waals surface area contributed by atoms with Gasteiger partial charge in [-0.15, -0.1) is 11.3 Å². The third kappa shape index (κ3) is 6.24. The predicted molar refractivity (Wildman–Crippen MR) is 116 cm³/mol. The minimum atomic E-state index is -4.35. The molecule has 2 aliphatic rings. The fraction of sp³-hybridized carbons (Fsp3) is 0.429. The summed E-state index contributed by atoms with van der Waals surface area (Å²) in [5.41, 5.74) is -3.12. The Morgan fingerprint density at radius 2 is 1.90 bits per heavy atom. The second-order valence-corrected chi connectivity index (χ2v) is 9.80. The van der Waals surface area contributed by atoms with Crippen molar-refractivity contribution >= 4 is 40.6 Å². The van der Waals surface area contributed by atoms with Gasteiger partial charge in [0.2, 0.25) is 0 Å². The van der Waals surface area contributed by atoms with E-state index in [2.05, 4.69) is 32.9 Å². The molecule has 2 atom stereocenters. The number of nitrogens with zero attached hydrogens (tertiary/aromatic N) is 2. The molecule has 2 fully saturated rings. The average Bonchev–Trinajstić information content (AvgIpc) is 3.20. The minimum absolute atomic E-state index is 0.0486. The van der Waals surface area contributed by atoms with Crippen molar-refractivity contribution in [2.45, 2.75) is 61.1 Å². The summed E-state index contributed by atoms with van der Waals surface area (Å²) in [6, 6.07) is 10.4. The first-order valence-electron chi connectivity index (χ1n) is 10.0. The van der Waals surface area contributed by atoms with Crippen molar-refractivity contribution in [3.8, 4) is 0 Å². The first-order valence-corrected chi connectivity index (χ1v) is 11.7. The maximum Gasteiger partial charge on any atom is 0.446 e. The number of hydrogen-bond donors (Lipinski definition) is 1. The molecule has 0 aliphatic carbocycles. The highest BCUT2D eigenvalue weighted by Crippen LogP contribution is 2.37. The number of benzene rings is 1. The van der Waals surface area contributed by atoms with Crippen molar-refractivity contribution in [3.05, 3.63) is 46.7 Å². The van der Waals surface area contributed by atoms with E-state index in [9.17, 15) is 18.0 Å². The van der Waals surface area contributed by atoms with Crippen molar-refractivity contribution < 1.29 is 22.8 Å². The van der Waals surface area contributed by atoms with Gasteiger partial charge in [0.05, 0.1) is 5.71 Å². The highest BCUT2D eigenvalue weighted by Gasteiger charge is 2.37. The predicted octanol–water partition coefficient (Wildman–Crippen LogP) is 6.48. The van der Waals surface area contributed by atoms with E-state index in [-0.39, 0.29) is 16.7 Å². The highest BCUT2D eigenvalue weighted by atomic mass is 32.2. The Labute approximate surface area is 186 Å². The Balaban J connectivity index is 1.30. The molecule has 0 spiro atoms. The van der Waals surface area contributed by atoms with Crippen LogP contribution in [0.15, 0.2) is 51.8 Å². The summed E-state index contributed by atoms with van der Waals surface area (Å²) in [5, 5.41) is 8.67. The van der Waals surface area contributed by atoms with Crippen LogP contribution in [-0.4, -0.2) is 34.3 Å². The molecule has 2 bridgehead atoms. The molecule has 1 N–H and O–H groups in total. The number of carbonyl (C=O) groups excluding carboxylic acids is 1. The Kier molecular flexibility index (Phi) is 6.88. The number of amides is 1. The molecule has 1 amide bonds. The molecule has 5 nitrogen and oxygen atoms in total. The quantitative estimate of drug-likeness (QED) is 0.309. The smallest absolute Gasteiger partial charge is 0.298 e. The Morgan fingerprint density at radius 1 is 1.19 bits per heavy atom. The van der Waals surface area contributed by atoms with E-state index in [1.54, 1.807) is 11.3 Å². The Bertz CT molecular complexity index is 901. The lowest BCUT2D eigenvalue weighted by atomic mass is 9.83. The number of carbonyl (C=O) groups is 1. The fourth-order valence-electron chi connectivity index (χ4n) is 4.19. The SMILES string of the molecule is O=C(Nc1ccc(SC(F)(F)F)cc1)ON=C1C[C@H]2CCC[C@@H](C1)N2Cc1cccs1. The van der Waals surface area contributed by atoms with Crippen LogP contribution < -0.4 is 5.32 Å². The fourth-order valence-corrected chi connectivity index (χ4v) is 5.44. The van der Waals surface area contributed by atoms with Crippen LogP contribution in [0, 0.1) is 0 Å². The van der Waals surface area contributed by atoms with E-state index in [1.165, 1.54) is 35.6 Å². The number of alkyl halides is 3. The van der Waals surface area contributed by atoms with E-state index in [0.717, 1.165) is 37.9 Å². The van der Waals surface area contributed by atoms with Crippen LogP contribution in [0.1, 0.15) is 37.0 Å². The van der Waals surface area contributed by atoms with Crippen LogP contribution in [0.3, 0.4) is 0 Å². The lowest BCUT2D eigenvalue weighted by molar-refractivity contribution is -0.0328. The van der Waals surface area contributed by atoms with Gasteiger partial charge in [-0.25, -0.2) is 4.79 Å². The van der Waals surface area contributed by atoms with Gasteiger partial charge in [0.25, 0.3) is 0 Å². The number of fused-ring (bicyclic) bond motifs is 2. The molecule has 10 heteroatoms. The normalized spacial score (nSPS) is 23.0. The van der Waals surface area contributed by atoms with Crippen molar-refractivity contribution in [2.24, 2.45) is 5.16 Å². The maximum atomic E-state index is 12.4. The molecule has 31 heavy (non-hydrogen) atoms. The number of nitrogens with one attached hydrogen (secondary N) is 1. The molecule has 2 saturated heterocycles. The van der Waals surface area contributed by atoms with Crippen LogP contribution in [0.4, 0.5) is 23.7 Å². The molecular weight excluding hydrogens is 447 g/mol. The van der Waals surface area contributed by atoms with Gasteiger partial charge in [0.15, 0.2) is 0 Å². The number of halogens is 3. The highest BCUT2D eigenvalue weighted by molar-refractivity contribution is 8.00. The third-order valence-electron chi connectivity index (χ3n) is 5.47. The summed E-state index contributed by atoms with van der Waals surface area (Å²) in [5.74, 6) is 0. The first-order chi connectivity index (χ1) is 14.9. The van der Waals surface area contributed by atoms with Crippen molar-refractivity contribution in [1.29, 1.82) is 0 Å². The molecule has 166 valence electrons. The van der Waals surface area contributed by atoms with Crippen LogP contribution >= 0.6 is 23.1 Å². The molecule has 2 aliphatic heterocycles. The molecule has 0 unspecified atom stereocenters. The van der Waals surface area contributed by atoms with Crippen molar-refractivity contribution in [3.63, 3.8) is 0 Å². The largest absolute Gasteiger partial charge is 0.446 e. The molecule has 0 radical (unpaired) electrons. The molecule has 2 aromatic rings. The summed E-state index contributed by atoms with van der Waals surface area (Å²) < 4.78 is 37.2. The van der Waals surface area contributed by atoms with Gasteiger partial charge in [0.1, 0.15) is 0 Å². The number of thioether (sulfide) groups is 1. The van der Waals surface area contributed by atoms with Crippen molar-refractivity contribution in [1.82, 2.24) is 4.90 Å². The average molecular weight is 470 g/mol. The lowest BCUT2D eigenvalue weighted by Gasteiger charge is -2.46. The zero-order chi connectivity index (χ0) is 21.8. The maximum absolute atomic E-state index is 12.4. The summed E-state index contributed by atoms with van der Waals surface area (Å²) in [4.78, 5) is 21.0. The number of oxime groups is 1. The topological polar surface area (TPSA) is 53.9 Å². The summed E-state index contributed by atoms with van der Waals surface area (Å²) in [7, 11) is 0. The van der Waals surface area contributed by atoms with E-state index in [4.69, 9.17) is 4.84 Å². The molecule has 4 rings (SSSR count).